The first-order chi connectivity index (χ1) is 9.75. The third kappa shape index (κ3) is 2.54. The molecule has 3 heteroatoms. The van der Waals surface area contributed by atoms with Crippen LogP contribution in [0.1, 0.15) is 29.7 Å². The highest BCUT2D eigenvalue weighted by Gasteiger charge is 2.18. The maximum absolute atomic E-state index is 9.91. The van der Waals surface area contributed by atoms with Gasteiger partial charge in [0.15, 0.2) is 0 Å². The number of nitrogens with zero attached hydrogens (tertiary/aromatic N) is 2. The molecule has 3 nitrogen and oxygen atoms in total. The van der Waals surface area contributed by atoms with E-state index in [4.69, 9.17) is 0 Å². The van der Waals surface area contributed by atoms with Crippen molar-refractivity contribution in [1.82, 2.24) is 4.98 Å². The van der Waals surface area contributed by atoms with E-state index in [1.807, 2.05) is 12.1 Å². The quantitative estimate of drug-likeness (QED) is 0.910. The van der Waals surface area contributed by atoms with Crippen molar-refractivity contribution in [3.63, 3.8) is 0 Å². The van der Waals surface area contributed by atoms with Crippen LogP contribution in [0, 0.1) is 0 Å². The number of benzene rings is 1. The SMILES string of the molecule is C[C@H](O)c1cccnc1N1CCc2ccccc2CC1. The van der Waals surface area contributed by atoms with Gasteiger partial charge in [-0.25, -0.2) is 4.98 Å². The smallest absolute Gasteiger partial charge is 0.134 e. The van der Waals surface area contributed by atoms with Gasteiger partial charge in [0.05, 0.1) is 6.10 Å². The first-order valence-corrected chi connectivity index (χ1v) is 7.20. The molecule has 1 aliphatic rings. The molecule has 1 atom stereocenters. The number of aliphatic hydroxyl groups is 1. The van der Waals surface area contributed by atoms with Gasteiger partial charge in [0.2, 0.25) is 0 Å². The fourth-order valence-electron chi connectivity index (χ4n) is 2.88. The molecule has 0 fully saturated rings. The van der Waals surface area contributed by atoms with Crippen LogP contribution in [0.25, 0.3) is 0 Å². The van der Waals surface area contributed by atoms with Gasteiger partial charge in [0.25, 0.3) is 0 Å². The van der Waals surface area contributed by atoms with E-state index in [-0.39, 0.29) is 0 Å². The van der Waals surface area contributed by atoms with E-state index < -0.39 is 6.10 Å². The lowest BCUT2D eigenvalue weighted by Gasteiger charge is -2.24. The molecule has 3 rings (SSSR count). The van der Waals surface area contributed by atoms with Crippen molar-refractivity contribution in [1.29, 1.82) is 0 Å². The second-order valence-electron chi connectivity index (χ2n) is 5.35. The Labute approximate surface area is 119 Å². The van der Waals surface area contributed by atoms with Crippen LogP contribution in [0.4, 0.5) is 5.82 Å². The summed E-state index contributed by atoms with van der Waals surface area (Å²) in [6.07, 6.45) is 3.39. The molecule has 2 heterocycles. The molecule has 0 bridgehead atoms. The lowest BCUT2D eigenvalue weighted by atomic mass is 10.0. The van der Waals surface area contributed by atoms with Crippen LogP contribution in [0.15, 0.2) is 42.6 Å². The Bertz CT molecular complexity index is 568. The van der Waals surface area contributed by atoms with Crippen molar-refractivity contribution < 1.29 is 5.11 Å². The Morgan fingerprint density at radius 2 is 1.70 bits per heavy atom. The van der Waals surface area contributed by atoms with Gasteiger partial charge < -0.3 is 10.0 Å². The summed E-state index contributed by atoms with van der Waals surface area (Å²) in [4.78, 5) is 6.79. The van der Waals surface area contributed by atoms with E-state index in [0.29, 0.717) is 0 Å². The predicted octanol–water partition coefficient (Wildman–Crippen LogP) is 2.74. The molecule has 1 N–H and O–H groups in total. The maximum atomic E-state index is 9.91. The number of pyridine rings is 1. The largest absolute Gasteiger partial charge is 0.389 e. The van der Waals surface area contributed by atoms with Crippen molar-refractivity contribution in [3.05, 3.63) is 59.3 Å². The number of anilines is 1. The summed E-state index contributed by atoms with van der Waals surface area (Å²) in [6.45, 7) is 3.70. The summed E-state index contributed by atoms with van der Waals surface area (Å²) >= 11 is 0. The van der Waals surface area contributed by atoms with Crippen molar-refractivity contribution >= 4 is 5.82 Å². The third-order valence-corrected chi connectivity index (χ3v) is 3.99. The van der Waals surface area contributed by atoms with E-state index in [9.17, 15) is 5.11 Å². The summed E-state index contributed by atoms with van der Waals surface area (Å²) in [5, 5.41) is 9.91. The summed E-state index contributed by atoms with van der Waals surface area (Å²) in [5.41, 5.74) is 3.78. The highest BCUT2D eigenvalue weighted by molar-refractivity contribution is 5.49. The number of fused-ring (bicyclic) bond motifs is 1. The lowest BCUT2D eigenvalue weighted by Crippen LogP contribution is -2.28. The average Bonchev–Trinajstić information content (AvgIpc) is 2.70. The van der Waals surface area contributed by atoms with Crippen LogP contribution in [-0.2, 0) is 12.8 Å². The molecule has 2 aromatic rings. The summed E-state index contributed by atoms with van der Waals surface area (Å²) in [5.74, 6) is 0.926. The molecule has 1 aromatic heterocycles. The first-order valence-electron chi connectivity index (χ1n) is 7.20. The molecule has 0 amide bonds. The molecular weight excluding hydrogens is 248 g/mol. The van der Waals surface area contributed by atoms with Gasteiger partial charge in [0.1, 0.15) is 5.82 Å². The number of aliphatic hydroxyl groups excluding tert-OH is 1. The fraction of sp³-hybridized carbons (Fsp3) is 0.353. The number of hydrogen-bond donors (Lipinski definition) is 1. The van der Waals surface area contributed by atoms with E-state index in [0.717, 1.165) is 37.3 Å². The van der Waals surface area contributed by atoms with Crippen LogP contribution in [0.5, 0.6) is 0 Å². The van der Waals surface area contributed by atoms with Gasteiger partial charge in [-0.3, -0.25) is 0 Å². The van der Waals surface area contributed by atoms with Crippen molar-refractivity contribution in [3.8, 4) is 0 Å². The number of hydrogen-bond acceptors (Lipinski definition) is 3. The molecule has 20 heavy (non-hydrogen) atoms. The monoisotopic (exact) mass is 268 g/mol. The second-order valence-corrected chi connectivity index (χ2v) is 5.35. The third-order valence-electron chi connectivity index (χ3n) is 3.99. The minimum atomic E-state index is -0.482. The van der Waals surface area contributed by atoms with Gasteiger partial charge in [-0.15, -0.1) is 0 Å². The minimum absolute atomic E-state index is 0.482. The molecule has 0 radical (unpaired) electrons. The van der Waals surface area contributed by atoms with Crippen LogP contribution in [-0.4, -0.2) is 23.2 Å². The van der Waals surface area contributed by atoms with E-state index >= 15 is 0 Å². The van der Waals surface area contributed by atoms with Crippen LogP contribution in [0.2, 0.25) is 0 Å². The summed E-state index contributed by atoms with van der Waals surface area (Å²) in [7, 11) is 0. The van der Waals surface area contributed by atoms with Crippen molar-refractivity contribution in [2.24, 2.45) is 0 Å². The zero-order chi connectivity index (χ0) is 13.9. The van der Waals surface area contributed by atoms with Gasteiger partial charge in [-0.2, -0.15) is 0 Å². The Balaban J connectivity index is 1.87. The highest BCUT2D eigenvalue weighted by atomic mass is 16.3. The topological polar surface area (TPSA) is 36.4 Å². The van der Waals surface area contributed by atoms with Crippen LogP contribution >= 0.6 is 0 Å². The molecule has 1 aromatic carbocycles. The number of rotatable bonds is 2. The summed E-state index contributed by atoms with van der Waals surface area (Å²) in [6, 6.07) is 12.5. The molecule has 0 unspecified atom stereocenters. The second kappa shape index (κ2) is 5.63. The summed E-state index contributed by atoms with van der Waals surface area (Å²) < 4.78 is 0. The highest BCUT2D eigenvalue weighted by Crippen LogP contribution is 2.26. The molecule has 0 aliphatic carbocycles. The maximum Gasteiger partial charge on any atom is 0.134 e. The first kappa shape index (κ1) is 13.1. The number of aromatic nitrogens is 1. The van der Waals surface area contributed by atoms with Gasteiger partial charge >= 0.3 is 0 Å². The molecule has 1 aliphatic heterocycles. The molecule has 0 saturated heterocycles. The minimum Gasteiger partial charge on any atom is -0.389 e. The molecule has 104 valence electrons. The normalized spacial score (nSPS) is 16.4. The van der Waals surface area contributed by atoms with Gasteiger partial charge in [-0.05, 0) is 37.0 Å². The Morgan fingerprint density at radius 3 is 2.30 bits per heavy atom. The molecule has 0 spiro atoms. The Morgan fingerprint density at radius 1 is 1.05 bits per heavy atom. The lowest BCUT2D eigenvalue weighted by molar-refractivity contribution is 0.199. The zero-order valence-corrected chi connectivity index (χ0v) is 11.8. The Kier molecular flexibility index (Phi) is 3.70. The van der Waals surface area contributed by atoms with E-state index in [1.165, 1.54) is 11.1 Å². The van der Waals surface area contributed by atoms with Crippen molar-refractivity contribution in [2.75, 3.05) is 18.0 Å². The standard InChI is InChI=1S/C17H20N2O/c1-13(20)16-7-4-10-18-17(16)19-11-8-14-5-2-3-6-15(14)9-12-19/h2-7,10,13,20H,8-9,11-12H2,1H3/t13-/m0/s1. The molecule has 0 saturated carbocycles. The van der Waals surface area contributed by atoms with Gasteiger partial charge in [0, 0.05) is 24.8 Å². The fourth-order valence-corrected chi connectivity index (χ4v) is 2.88. The molecular formula is C17H20N2O. The predicted molar refractivity (Wildman–Crippen MR) is 80.9 cm³/mol. The van der Waals surface area contributed by atoms with Crippen molar-refractivity contribution in [2.45, 2.75) is 25.9 Å². The van der Waals surface area contributed by atoms with E-state index in [2.05, 4.69) is 34.1 Å². The van der Waals surface area contributed by atoms with Crippen LogP contribution < -0.4 is 4.90 Å². The Hall–Kier alpha value is -1.87. The van der Waals surface area contributed by atoms with E-state index in [1.54, 1.807) is 13.1 Å². The van der Waals surface area contributed by atoms with Gasteiger partial charge in [-0.1, -0.05) is 30.3 Å². The zero-order valence-electron chi connectivity index (χ0n) is 11.8. The van der Waals surface area contributed by atoms with Crippen LogP contribution in [0.3, 0.4) is 0 Å². The average molecular weight is 268 g/mol.